The summed E-state index contributed by atoms with van der Waals surface area (Å²) in [6.07, 6.45) is 2.52. The number of likely N-dealkylation sites (tertiary alicyclic amines) is 1. The fraction of sp³-hybridized carbons (Fsp3) is 0.588. The van der Waals surface area contributed by atoms with Crippen LogP contribution in [0.25, 0.3) is 0 Å². The maximum Gasteiger partial charge on any atom is 0.248 e. The Morgan fingerprint density at radius 3 is 2.38 bits per heavy atom. The molecule has 0 radical (unpaired) electrons. The molecule has 2 heterocycles. The van der Waals surface area contributed by atoms with Crippen LogP contribution in [0.5, 0.6) is 0 Å². The molecule has 0 aromatic heterocycles. The highest BCUT2D eigenvalue weighted by molar-refractivity contribution is 5.95. The molecule has 1 amide bonds. The van der Waals surface area contributed by atoms with Gasteiger partial charge in [-0.3, -0.25) is 9.69 Å². The lowest BCUT2D eigenvalue weighted by atomic mass is 9.97. The minimum Gasteiger partial charge on any atom is -0.380 e. The van der Waals surface area contributed by atoms with Gasteiger partial charge in [-0.15, -0.1) is 24.8 Å². The molecule has 1 aromatic carbocycles. The topological polar surface area (TPSA) is 70.4 Å². The second-order valence-corrected chi connectivity index (χ2v) is 6.55. The average molecular weight is 375 g/mol. The summed E-state index contributed by atoms with van der Waals surface area (Å²) in [5, 5.41) is 7.03. The van der Waals surface area contributed by atoms with Crippen molar-refractivity contribution in [2.75, 3.05) is 31.5 Å². The van der Waals surface area contributed by atoms with E-state index in [4.69, 9.17) is 5.73 Å². The number of anilines is 1. The molecule has 4 N–H and O–H groups in total. The van der Waals surface area contributed by atoms with Gasteiger partial charge in [0.2, 0.25) is 5.91 Å². The Balaban J connectivity index is 0.00000144. The summed E-state index contributed by atoms with van der Waals surface area (Å²) >= 11 is 0. The largest absolute Gasteiger partial charge is 0.380 e. The lowest BCUT2D eigenvalue weighted by Gasteiger charge is -2.46. The Morgan fingerprint density at radius 1 is 1.17 bits per heavy atom. The summed E-state index contributed by atoms with van der Waals surface area (Å²) in [4.78, 5) is 14.0. The predicted molar refractivity (Wildman–Crippen MR) is 104 cm³/mol. The first kappa shape index (κ1) is 21.0. The van der Waals surface area contributed by atoms with Crippen molar-refractivity contribution >= 4 is 36.4 Å². The Kier molecular flexibility index (Phi) is 7.80. The number of benzene rings is 1. The zero-order valence-electron chi connectivity index (χ0n) is 14.3. The Labute approximate surface area is 156 Å². The molecule has 2 aliphatic rings. The van der Waals surface area contributed by atoms with Crippen LogP contribution in [0, 0.1) is 13.8 Å². The maximum absolute atomic E-state index is 11.4. The lowest BCUT2D eigenvalue weighted by molar-refractivity contribution is 0.0828. The number of carbonyl (C=O) groups excluding carboxylic acids is 1. The van der Waals surface area contributed by atoms with Crippen LogP contribution in [0.1, 0.15) is 34.3 Å². The first-order valence-corrected chi connectivity index (χ1v) is 8.17. The number of halogens is 2. The number of amides is 1. The van der Waals surface area contributed by atoms with Gasteiger partial charge in [0, 0.05) is 30.4 Å². The zero-order valence-corrected chi connectivity index (χ0v) is 15.9. The second kappa shape index (κ2) is 8.90. The van der Waals surface area contributed by atoms with E-state index in [2.05, 4.69) is 15.5 Å². The van der Waals surface area contributed by atoms with Crippen molar-refractivity contribution in [3.05, 3.63) is 28.8 Å². The second-order valence-electron chi connectivity index (χ2n) is 6.55. The Bertz CT molecular complexity index is 570. The molecular formula is C17H28Cl2N4O. The molecule has 7 heteroatoms. The monoisotopic (exact) mass is 374 g/mol. The Morgan fingerprint density at radius 2 is 1.79 bits per heavy atom. The smallest absolute Gasteiger partial charge is 0.248 e. The van der Waals surface area contributed by atoms with Crippen molar-refractivity contribution in [3.63, 3.8) is 0 Å². The molecule has 2 saturated heterocycles. The quantitative estimate of drug-likeness (QED) is 0.754. The lowest BCUT2D eigenvalue weighted by Crippen LogP contribution is -2.60. The van der Waals surface area contributed by atoms with Crippen molar-refractivity contribution in [2.24, 2.45) is 5.73 Å². The van der Waals surface area contributed by atoms with Crippen molar-refractivity contribution in [3.8, 4) is 0 Å². The fourth-order valence-electron chi connectivity index (χ4n) is 3.54. The van der Waals surface area contributed by atoms with E-state index in [1.807, 2.05) is 26.0 Å². The molecule has 1 aromatic rings. The SMILES string of the molecule is Cc1c(NC2CN(C3CCNCC3)C2)ccc(C(N)=O)c1C.Cl.Cl. The molecule has 0 unspecified atom stereocenters. The van der Waals surface area contributed by atoms with Crippen LogP contribution < -0.4 is 16.4 Å². The Hall–Kier alpha value is -1.01. The van der Waals surface area contributed by atoms with Gasteiger partial charge < -0.3 is 16.4 Å². The first-order chi connectivity index (χ1) is 10.6. The van der Waals surface area contributed by atoms with Crippen LogP contribution in [-0.2, 0) is 0 Å². The third-order valence-corrected chi connectivity index (χ3v) is 5.15. The van der Waals surface area contributed by atoms with E-state index in [-0.39, 0.29) is 30.7 Å². The summed E-state index contributed by atoms with van der Waals surface area (Å²) in [6, 6.07) is 5.07. The van der Waals surface area contributed by atoms with Gasteiger partial charge in [0.15, 0.2) is 0 Å². The molecule has 0 spiro atoms. The molecular weight excluding hydrogens is 347 g/mol. The van der Waals surface area contributed by atoms with Crippen molar-refractivity contribution in [1.82, 2.24) is 10.2 Å². The van der Waals surface area contributed by atoms with E-state index in [1.54, 1.807) is 0 Å². The number of primary amides is 1. The summed E-state index contributed by atoms with van der Waals surface area (Å²) in [5.74, 6) is -0.354. The molecule has 0 bridgehead atoms. The molecule has 24 heavy (non-hydrogen) atoms. The van der Waals surface area contributed by atoms with Crippen LogP contribution in [0.4, 0.5) is 5.69 Å². The molecule has 2 fully saturated rings. The highest BCUT2D eigenvalue weighted by Crippen LogP contribution is 2.26. The standard InChI is InChI=1S/C17H26N4O.2ClH/c1-11-12(2)16(4-3-15(11)17(18)22)20-13-9-21(10-13)14-5-7-19-8-6-14;;/h3-4,13-14,19-20H,5-10H2,1-2H3,(H2,18,22);2*1H. The molecule has 136 valence electrons. The molecule has 0 atom stereocenters. The molecule has 0 aliphatic carbocycles. The van der Waals surface area contributed by atoms with Crippen LogP contribution >= 0.6 is 24.8 Å². The number of nitrogens with two attached hydrogens (primary N) is 1. The molecule has 3 rings (SSSR count). The van der Waals surface area contributed by atoms with E-state index < -0.39 is 0 Å². The van der Waals surface area contributed by atoms with Crippen molar-refractivity contribution < 1.29 is 4.79 Å². The summed E-state index contributed by atoms with van der Waals surface area (Å²) < 4.78 is 0. The molecule has 0 saturated carbocycles. The number of piperidine rings is 1. The summed E-state index contributed by atoms with van der Waals surface area (Å²) in [6.45, 7) is 8.52. The number of nitrogens with one attached hydrogen (secondary N) is 2. The number of carbonyl (C=O) groups is 1. The highest BCUT2D eigenvalue weighted by Gasteiger charge is 2.32. The van der Waals surface area contributed by atoms with E-state index in [1.165, 1.54) is 12.8 Å². The molecule has 2 aliphatic heterocycles. The van der Waals surface area contributed by atoms with Crippen LogP contribution in [0.15, 0.2) is 12.1 Å². The minimum absolute atomic E-state index is 0. The van der Waals surface area contributed by atoms with Crippen LogP contribution in [-0.4, -0.2) is 49.1 Å². The highest BCUT2D eigenvalue weighted by atomic mass is 35.5. The first-order valence-electron chi connectivity index (χ1n) is 8.17. The van der Waals surface area contributed by atoms with Gasteiger partial charge in [0.25, 0.3) is 0 Å². The number of hydrogen-bond acceptors (Lipinski definition) is 4. The number of nitrogens with zero attached hydrogens (tertiary/aromatic N) is 1. The number of hydrogen-bond donors (Lipinski definition) is 3. The van der Waals surface area contributed by atoms with E-state index >= 15 is 0 Å². The summed E-state index contributed by atoms with van der Waals surface area (Å²) in [5.41, 5.74) is 9.24. The zero-order chi connectivity index (χ0) is 15.7. The van der Waals surface area contributed by atoms with E-state index in [0.29, 0.717) is 11.6 Å². The van der Waals surface area contributed by atoms with Gasteiger partial charge in [-0.05, 0) is 63.0 Å². The van der Waals surface area contributed by atoms with Gasteiger partial charge in [-0.2, -0.15) is 0 Å². The van der Waals surface area contributed by atoms with Gasteiger partial charge in [0.05, 0.1) is 6.04 Å². The van der Waals surface area contributed by atoms with Crippen LogP contribution in [0.3, 0.4) is 0 Å². The number of rotatable bonds is 4. The average Bonchev–Trinajstić information content (AvgIpc) is 2.47. The van der Waals surface area contributed by atoms with Crippen molar-refractivity contribution in [1.29, 1.82) is 0 Å². The minimum atomic E-state index is -0.354. The molecule has 5 nitrogen and oxygen atoms in total. The summed E-state index contributed by atoms with van der Waals surface area (Å²) in [7, 11) is 0. The van der Waals surface area contributed by atoms with Gasteiger partial charge in [-0.25, -0.2) is 0 Å². The van der Waals surface area contributed by atoms with Gasteiger partial charge in [0.1, 0.15) is 0 Å². The van der Waals surface area contributed by atoms with Gasteiger partial charge >= 0.3 is 0 Å². The third-order valence-electron chi connectivity index (χ3n) is 5.15. The van der Waals surface area contributed by atoms with E-state index in [9.17, 15) is 4.79 Å². The van der Waals surface area contributed by atoms with Crippen molar-refractivity contribution in [2.45, 2.75) is 38.8 Å². The maximum atomic E-state index is 11.4. The van der Waals surface area contributed by atoms with Gasteiger partial charge in [-0.1, -0.05) is 0 Å². The van der Waals surface area contributed by atoms with Crippen LogP contribution in [0.2, 0.25) is 0 Å². The fourth-order valence-corrected chi connectivity index (χ4v) is 3.54. The predicted octanol–water partition coefficient (Wildman–Crippen LogP) is 2.09. The third kappa shape index (κ3) is 4.33. The normalized spacial score (nSPS) is 18.9. The van der Waals surface area contributed by atoms with E-state index in [0.717, 1.165) is 49.0 Å².